The average molecular weight is 354 g/mol. The first kappa shape index (κ1) is 19.8. The highest BCUT2D eigenvalue weighted by atomic mass is 31.2. The lowest BCUT2D eigenvalue weighted by Gasteiger charge is -2.15. The van der Waals surface area contributed by atoms with Gasteiger partial charge >= 0.3 is 7.60 Å². The Bertz CT molecular complexity index is 712. The van der Waals surface area contributed by atoms with Gasteiger partial charge in [0.15, 0.2) is 18.0 Å². The SMILES string of the molecule is CCOP(=O)(O)COc1cc(NC(=O)C(C#N)C(C)=O)ccc1C. The number of rotatable bonds is 8. The molecule has 0 aliphatic heterocycles. The third kappa shape index (κ3) is 5.78. The Kier molecular flexibility index (Phi) is 7.11. The maximum atomic E-state index is 11.9. The molecule has 0 fully saturated rings. The lowest BCUT2D eigenvalue weighted by atomic mass is 10.1. The van der Waals surface area contributed by atoms with Gasteiger partial charge in [0, 0.05) is 11.8 Å². The molecule has 0 saturated heterocycles. The van der Waals surface area contributed by atoms with Crippen LogP contribution in [0.15, 0.2) is 18.2 Å². The van der Waals surface area contributed by atoms with Gasteiger partial charge in [-0.25, -0.2) is 0 Å². The third-order valence-corrected chi connectivity index (χ3v) is 4.08. The molecule has 2 N–H and O–H groups in total. The number of hydrogen-bond donors (Lipinski definition) is 2. The van der Waals surface area contributed by atoms with Crippen molar-refractivity contribution in [1.29, 1.82) is 5.26 Å². The van der Waals surface area contributed by atoms with E-state index in [0.29, 0.717) is 11.3 Å². The topological polar surface area (TPSA) is 126 Å². The first-order chi connectivity index (χ1) is 11.2. The number of ketones is 1. The Hall–Kier alpha value is -2.20. The van der Waals surface area contributed by atoms with Gasteiger partial charge in [-0.05, 0) is 32.4 Å². The van der Waals surface area contributed by atoms with E-state index < -0.39 is 31.6 Å². The molecule has 2 atom stereocenters. The molecule has 9 heteroatoms. The van der Waals surface area contributed by atoms with Crippen LogP contribution in [0.1, 0.15) is 19.4 Å². The number of benzene rings is 1. The molecule has 0 heterocycles. The minimum Gasteiger partial charge on any atom is -0.481 e. The van der Waals surface area contributed by atoms with Crippen LogP contribution in [-0.4, -0.2) is 29.5 Å². The second-order valence-electron chi connectivity index (χ2n) is 4.97. The maximum Gasteiger partial charge on any atom is 0.365 e. The Labute approximate surface area is 139 Å². The van der Waals surface area contributed by atoms with Crippen molar-refractivity contribution in [3.05, 3.63) is 23.8 Å². The number of Topliss-reactive ketones (excluding diaryl/α,β-unsaturated/α-hetero) is 1. The monoisotopic (exact) mass is 354 g/mol. The molecule has 0 aromatic heterocycles. The van der Waals surface area contributed by atoms with Gasteiger partial charge < -0.3 is 19.5 Å². The molecule has 2 unspecified atom stereocenters. The van der Waals surface area contributed by atoms with E-state index in [1.54, 1.807) is 32.0 Å². The van der Waals surface area contributed by atoms with Crippen LogP contribution in [0.5, 0.6) is 5.75 Å². The van der Waals surface area contributed by atoms with Gasteiger partial charge in [-0.15, -0.1) is 0 Å². The number of hydrogen-bond acceptors (Lipinski definition) is 6. The molecule has 1 rings (SSSR count). The van der Waals surface area contributed by atoms with Crippen molar-refractivity contribution < 1.29 is 28.3 Å². The van der Waals surface area contributed by atoms with E-state index in [0.717, 1.165) is 6.92 Å². The fraction of sp³-hybridized carbons (Fsp3) is 0.400. The first-order valence-corrected chi connectivity index (χ1v) is 8.87. The highest BCUT2D eigenvalue weighted by molar-refractivity contribution is 7.52. The van der Waals surface area contributed by atoms with Gasteiger partial charge in [-0.2, -0.15) is 5.26 Å². The molecular formula is C15H19N2O6P. The van der Waals surface area contributed by atoms with E-state index in [9.17, 15) is 19.0 Å². The normalized spacial score (nSPS) is 14.1. The zero-order chi connectivity index (χ0) is 18.3. The molecule has 1 aromatic carbocycles. The van der Waals surface area contributed by atoms with Crippen LogP contribution in [0.2, 0.25) is 0 Å². The number of ether oxygens (including phenoxy) is 1. The summed E-state index contributed by atoms with van der Waals surface area (Å²) >= 11 is 0. The number of aryl methyl sites for hydroxylation is 1. The summed E-state index contributed by atoms with van der Waals surface area (Å²) in [5.41, 5.74) is 0.971. The average Bonchev–Trinajstić information content (AvgIpc) is 2.48. The van der Waals surface area contributed by atoms with Crippen LogP contribution >= 0.6 is 7.60 Å². The van der Waals surface area contributed by atoms with Crippen molar-refractivity contribution in [2.24, 2.45) is 5.92 Å². The van der Waals surface area contributed by atoms with Gasteiger partial charge in [0.2, 0.25) is 5.91 Å². The number of amides is 1. The van der Waals surface area contributed by atoms with Crippen molar-refractivity contribution >= 4 is 25.0 Å². The molecule has 0 bridgehead atoms. The van der Waals surface area contributed by atoms with Crippen molar-refractivity contribution in [2.45, 2.75) is 20.8 Å². The Morgan fingerprint density at radius 1 is 1.46 bits per heavy atom. The summed E-state index contributed by atoms with van der Waals surface area (Å²) < 4.78 is 21.6. The third-order valence-electron chi connectivity index (χ3n) is 2.97. The number of nitrogens with one attached hydrogen (secondary N) is 1. The zero-order valence-corrected chi connectivity index (χ0v) is 14.5. The van der Waals surface area contributed by atoms with Crippen molar-refractivity contribution in [3.63, 3.8) is 0 Å². The van der Waals surface area contributed by atoms with Gasteiger partial charge in [0.05, 0.1) is 12.7 Å². The summed E-state index contributed by atoms with van der Waals surface area (Å²) in [6.07, 6.45) is -0.534. The summed E-state index contributed by atoms with van der Waals surface area (Å²) in [6.45, 7) is 4.54. The predicted octanol–water partition coefficient (Wildman–Crippen LogP) is 2.22. The number of carbonyl (C=O) groups is 2. The van der Waals surface area contributed by atoms with Crippen molar-refractivity contribution in [3.8, 4) is 11.8 Å². The summed E-state index contributed by atoms with van der Waals surface area (Å²) in [6, 6.07) is 6.26. The second kappa shape index (κ2) is 8.60. The molecule has 130 valence electrons. The molecule has 8 nitrogen and oxygen atoms in total. The molecule has 1 amide bonds. The zero-order valence-electron chi connectivity index (χ0n) is 13.6. The molecule has 0 spiro atoms. The molecule has 1 aromatic rings. The molecular weight excluding hydrogens is 335 g/mol. The van der Waals surface area contributed by atoms with E-state index in [-0.39, 0.29) is 12.4 Å². The largest absolute Gasteiger partial charge is 0.481 e. The minimum absolute atomic E-state index is 0.0762. The van der Waals surface area contributed by atoms with Crippen molar-refractivity contribution in [1.82, 2.24) is 0 Å². The van der Waals surface area contributed by atoms with Gasteiger partial charge in [0.1, 0.15) is 5.75 Å². The Morgan fingerprint density at radius 2 is 2.12 bits per heavy atom. The quantitative estimate of drug-likeness (QED) is 0.541. The maximum absolute atomic E-state index is 11.9. The van der Waals surface area contributed by atoms with Gasteiger partial charge in [-0.3, -0.25) is 14.2 Å². The highest BCUT2D eigenvalue weighted by Gasteiger charge is 2.23. The second-order valence-corrected chi connectivity index (χ2v) is 6.76. The molecule has 0 saturated carbocycles. The van der Waals surface area contributed by atoms with E-state index >= 15 is 0 Å². The summed E-state index contributed by atoms with van der Waals surface area (Å²) in [4.78, 5) is 32.6. The summed E-state index contributed by atoms with van der Waals surface area (Å²) in [7, 11) is -3.85. The van der Waals surface area contributed by atoms with Crippen LogP contribution in [0.4, 0.5) is 5.69 Å². The highest BCUT2D eigenvalue weighted by Crippen LogP contribution is 2.42. The van der Waals surface area contributed by atoms with Gasteiger partial charge in [-0.1, -0.05) is 6.07 Å². The first-order valence-electron chi connectivity index (χ1n) is 7.11. The van der Waals surface area contributed by atoms with E-state index in [2.05, 4.69) is 5.32 Å². The van der Waals surface area contributed by atoms with Crippen molar-refractivity contribution in [2.75, 3.05) is 18.3 Å². The lowest BCUT2D eigenvalue weighted by Crippen LogP contribution is -2.26. The van der Waals surface area contributed by atoms with Crippen LogP contribution in [-0.2, 0) is 18.7 Å². The predicted molar refractivity (Wildman–Crippen MR) is 86.5 cm³/mol. The van der Waals surface area contributed by atoms with Crippen LogP contribution < -0.4 is 10.1 Å². The molecule has 0 aliphatic carbocycles. The van der Waals surface area contributed by atoms with Gasteiger partial charge in [0.25, 0.3) is 0 Å². The summed E-state index contributed by atoms with van der Waals surface area (Å²) in [5, 5.41) is 11.3. The fourth-order valence-corrected chi connectivity index (χ4v) is 2.55. The molecule has 0 radical (unpaired) electrons. The number of carbonyl (C=O) groups excluding carboxylic acids is 2. The number of nitriles is 1. The van der Waals surface area contributed by atoms with Crippen LogP contribution in [0, 0.1) is 24.2 Å². The Morgan fingerprint density at radius 3 is 2.67 bits per heavy atom. The number of anilines is 1. The fourth-order valence-electron chi connectivity index (χ4n) is 1.77. The van der Waals surface area contributed by atoms with E-state index in [4.69, 9.17) is 14.5 Å². The van der Waals surface area contributed by atoms with E-state index in [1.807, 2.05) is 0 Å². The summed E-state index contributed by atoms with van der Waals surface area (Å²) in [5.74, 6) is -2.43. The van der Waals surface area contributed by atoms with Crippen LogP contribution in [0.3, 0.4) is 0 Å². The minimum atomic E-state index is -3.85. The molecule has 0 aliphatic rings. The lowest BCUT2D eigenvalue weighted by molar-refractivity contribution is -0.127. The molecule has 24 heavy (non-hydrogen) atoms. The Balaban J connectivity index is 2.87. The number of nitrogens with zero attached hydrogens (tertiary/aromatic N) is 1. The standard InChI is InChI=1S/C15H19N2O6P/c1-4-23-24(20,21)9-22-14-7-12(6-5-10(14)2)17-15(19)13(8-16)11(3)18/h5-7,13H,4,9H2,1-3H3,(H,17,19)(H,20,21). The smallest absolute Gasteiger partial charge is 0.365 e. The van der Waals surface area contributed by atoms with Crippen LogP contribution in [0.25, 0.3) is 0 Å². The van der Waals surface area contributed by atoms with E-state index in [1.165, 1.54) is 6.07 Å².